The number of nitrogens with zero attached hydrogens (tertiary/aromatic N) is 4. The highest BCUT2D eigenvalue weighted by Crippen LogP contribution is 2.14. The number of aryl methyl sites for hydroxylation is 2. The highest BCUT2D eigenvalue weighted by atomic mass is 15.4. The summed E-state index contributed by atoms with van der Waals surface area (Å²) < 4.78 is 1.84. The van der Waals surface area contributed by atoms with Gasteiger partial charge in [-0.1, -0.05) is 35.0 Å². The van der Waals surface area contributed by atoms with Crippen LogP contribution < -0.4 is 0 Å². The Balaban J connectivity index is 2.17. The molecule has 0 bridgehead atoms. The van der Waals surface area contributed by atoms with Crippen molar-refractivity contribution in [2.45, 2.75) is 39.7 Å². The molecule has 0 saturated heterocycles. The van der Waals surface area contributed by atoms with Gasteiger partial charge in [-0.05, 0) is 39.2 Å². The van der Waals surface area contributed by atoms with Gasteiger partial charge in [-0.2, -0.15) is 5.26 Å². The van der Waals surface area contributed by atoms with Gasteiger partial charge in [-0.15, -0.1) is 5.10 Å². The lowest BCUT2D eigenvalue weighted by Gasteiger charge is -2.09. The maximum Gasteiger partial charge on any atom is 0.185 e. The molecule has 19 heavy (non-hydrogen) atoms. The van der Waals surface area contributed by atoms with Gasteiger partial charge in [0, 0.05) is 6.04 Å². The summed E-state index contributed by atoms with van der Waals surface area (Å²) in [6.45, 7) is 6.17. The van der Waals surface area contributed by atoms with Crippen molar-refractivity contribution in [2.75, 3.05) is 0 Å². The van der Waals surface area contributed by atoms with E-state index in [2.05, 4.69) is 47.6 Å². The summed E-state index contributed by atoms with van der Waals surface area (Å²) >= 11 is 0. The van der Waals surface area contributed by atoms with Crippen molar-refractivity contribution in [1.82, 2.24) is 15.0 Å². The molecule has 0 N–H and O–H groups in total. The minimum Gasteiger partial charge on any atom is -0.245 e. The minimum absolute atomic E-state index is 0.225. The zero-order valence-electron chi connectivity index (χ0n) is 11.6. The van der Waals surface area contributed by atoms with E-state index in [9.17, 15) is 0 Å². The van der Waals surface area contributed by atoms with E-state index in [0.29, 0.717) is 5.69 Å². The van der Waals surface area contributed by atoms with Gasteiger partial charge in [0.2, 0.25) is 0 Å². The molecule has 0 radical (unpaired) electrons. The Morgan fingerprint density at radius 1 is 1.21 bits per heavy atom. The van der Waals surface area contributed by atoms with Crippen LogP contribution in [0.5, 0.6) is 0 Å². The lowest BCUT2D eigenvalue weighted by molar-refractivity contribution is 0.493. The standard InChI is InChI=1S/C15H18N4/c1-11(2)19-15(14(10-16)17-18-19)9-8-13-6-4-12(3)5-7-13/h4-7,11H,8-9H2,1-3H3. The average Bonchev–Trinajstić information content (AvgIpc) is 2.81. The summed E-state index contributed by atoms with van der Waals surface area (Å²) in [5.41, 5.74) is 3.90. The number of benzene rings is 1. The van der Waals surface area contributed by atoms with Crippen LogP contribution in [0.1, 0.15) is 42.4 Å². The quantitative estimate of drug-likeness (QED) is 0.843. The van der Waals surface area contributed by atoms with Gasteiger partial charge >= 0.3 is 0 Å². The zero-order chi connectivity index (χ0) is 13.8. The molecular formula is C15H18N4. The molecule has 1 heterocycles. The first kappa shape index (κ1) is 13.3. The fourth-order valence-corrected chi connectivity index (χ4v) is 2.07. The summed E-state index contributed by atoms with van der Waals surface area (Å²) in [5.74, 6) is 0. The molecular weight excluding hydrogens is 236 g/mol. The predicted octanol–water partition coefficient (Wildman–Crippen LogP) is 2.82. The molecule has 4 heteroatoms. The monoisotopic (exact) mass is 254 g/mol. The largest absolute Gasteiger partial charge is 0.245 e. The summed E-state index contributed by atoms with van der Waals surface area (Å²) in [4.78, 5) is 0. The second-order valence-corrected chi connectivity index (χ2v) is 5.02. The molecule has 2 rings (SSSR count). The van der Waals surface area contributed by atoms with Gasteiger partial charge in [0.15, 0.2) is 5.69 Å². The Kier molecular flexibility index (Phi) is 3.96. The van der Waals surface area contributed by atoms with Crippen LogP contribution in [0.2, 0.25) is 0 Å². The molecule has 0 aliphatic heterocycles. The summed E-state index contributed by atoms with van der Waals surface area (Å²) in [7, 11) is 0. The van der Waals surface area contributed by atoms with Crippen molar-refractivity contribution in [1.29, 1.82) is 5.26 Å². The molecule has 1 aromatic carbocycles. The van der Waals surface area contributed by atoms with Gasteiger partial charge in [0.1, 0.15) is 6.07 Å². The van der Waals surface area contributed by atoms with Crippen LogP contribution in [0.15, 0.2) is 24.3 Å². The Morgan fingerprint density at radius 3 is 2.47 bits per heavy atom. The zero-order valence-corrected chi connectivity index (χ0v) is 11.6. The fourth-order valence-electron chi connectivity index (χ4n) is 2.07. The van der Waals surface area contributed by atoms with Crippen molar-refractivity contribution >= 4 is 0 Å². The molecule has 98 valence electrons. The first-order valence-electron chi connectivity index (χ1n) is 6.51. The van der Waals surface area contributed by atoms with E-state index in [1.807, 2.05) is 18.5 Å². The van der Waals surface area contributed by atoms with Gasteiger partial charge in [-0.25, -0.2) is 4.68 Å². The molecule has 0 aliphatic rings. The van der Waals surface area contributed by atoms with Crippen LogP contribution in [0, 0.1) is 18.3 Å². The molecule has 0 amide bonds. The van der Waals surface area contributed by atoms with E-state index in [1.165, 1.54) is 11.1 Å². The number of nitriles is 1. The average molecular weight is 254 g/mol. The van der Waals surface area contributed by atoms with Crippen LogP contribution >= 0.6 is 0 Å². The van der Waals surface area contributed by atoms with Crippen LogP contribution in [0.4, 0.5) is 0 Å². The highest BCUT2D eigenvalue weighted by Gasteiger charge is 2.14. The maximum atomic E-state index is 9.08. The summed E-state index contributed by atoms with van der Waals surface area (Å²) in [5, 5.41) is 17.1. The Labute approximate surface area is 113 Å². The van der Waals surface area contributed by atoms with Gasteiger partial charge in [-0.3, -0.25) is 0 Å². The van der Waals surface area contributed by atoms with Crippen LogP contribution in [-0.4, -0.2) is 15.0 Å². The Bertz CT molecular complexity index is 588. The SMILES string of the molecule is Cc1ccc(CCc2c(C#N)nnn2C(C)C)cc1. The van der Waals surface area contributed by atoms with E-state index in [-0.39, 0.29) is 6.04 Å². The second-order valence-electron chi connectivity index (χ2n) is 5.02. The summed E-state index contributed by atoms with van der Waals surface area (Å²) in [6, 6.07) is 10.8. The van der Waals surface area contributed by atoms with Crippen molar-refractivity contribution < 1.29 is 0 Å². The topological polar surface area (TPSA) is 54.5 Å². The molecule has 0 fully saturated rings. The van der Waals surface area contributed by atoms with Gasteiger partial charge in [0.05, 0.1) is 5.69 Å². The molecule has 1 aromatic heterocycles. The Morgan fingerprint density at radius 2 is 1.89 bits per heavy atom. The molecule has 0 unspecified atom stereocenters. The summed E-state index contributed by atoms with van der Waals surface area (Å²) in [6.07, 6.45) is 1.69. The normalized spacial score (nSPS) is 10.7. The lowest BCUT2D eigenvalue weighted by atomic mass is 10.1. The number of rotatable bonds is 4. The third-order valence-corrected chi connectivity index (χ3v) is 3.16. The minimum atomic E-state index is 0.225. The molecule has 0 saturated carbocycles. The maximum absolute atomic E-state index is 9.08. The smallest absolute Gasteiger partial charge is 0.185 e. The van der Waals surface area contributed by atoms with E-state index in [1.54, 1.807) is 0 Å². The second kappa shape index (κ2) is 5.66. The van der Waals surface area contributed by atoms with E-state index >= 15 is 0 Å². The van der Waals surface area contributed by atoms with Gasteiger partial charge < -0.3 is 0 Å². The van der Waals surface area contributed by atoms with Crippen LogP contribution in [0.3, 0.4) is 0 Å². The third kappa shape index (κ3) is 3.00. The number of hydrogen-bond acceptors (Lipinski definition) is 3. The first-order chi connectivity index (χ1) is 9.11. The van der Waals surface area contributed by atoms with E-state index in [0.717, 1.165) is 18.5 Å². The molecule has 0 aliphatic carbocycles. The Hall–Kier alpha value is -2.15. The third-order valence-electron chi connectivity index (χ3n) is 3.16. The number of aromatic nitrogens is 3. The molecule has 0 atom stereocenters. The van der Waals surface area contributed by atoms with Crippen LogP contribution in [-0.2, 0) is 12.8 Å². The lowest BCUT2D eigenvalue weighted by Crippen LogP contribution is -2.09. The predicted molar refractivity (Wildman–Crippen MR) is 73.7 cm³/mol. The van der Waals surface area contributed by atoms with Crippen molar-refractivity contribution in [3.8, 4) is 6.07 Å². The highest BCUT2D eigenvalue weighted by molar-refractivity contribution is 5.27. The van der Waals surface area contributed by atoms with Crippen molar-refractivity contribution in [3.05, 3.63) is 46.8 Å². The van der Waals surface area contributed by atoms with Crippen molar-refractivity contribution in [2.24, 2.45) is 0 Å². The van der Waals surface area contributed by atoms with E-state index < -0.39 is 0 Å². The van der Waals surface area contributed by atoms with E-state index in [4.69, 9.17) is 5.26 Å². The molecule has 0 spiro atoms. The van der Waals surface area contributed by atoms with Crippen LogP contribution in [0.25, 0.3) is 0 Å². The first-order valence-corrected chi connectivity index (χ1v) is 6.51. The fraction of sp³-hybridized carbons (Fsp3) is 0.400. The molecule has 4 nitrogen and oxygen atoms in total. The van der Waals surface area contributed by atoms with Gasteiger partial charge in [0.25, 0.3) is 0 Å². The van der Waals surface area contributed by atoms with Crippen molar-refractivity contribution in [3.63, 3.8) is 0 Å². The molecule has 2 aromatic rings. The number of hydrogen-bond donors (Lipinski definition) is 0.